The predicted molar refractivity (Wildman–Crippen MR) is 147 cm³/mol. The van der Waals surface area contributed by atoms with Crippen LogP contribution < -0.4 is 10.1 Å². The van der Waals surface area contributed by atoms with Gasteiger partial charge in [-0.15, -0.1) is 11.3 Å². The number of hydrogen-bond donors (Lipinski definition) is 1. The van der Waals surface area contributed by atoms with Crippen molar-refractivity contribution in [2.24, 2.45) is 0 Å². The lowest BCUT2D eigenvalue weighted by atomic mass is 9.73. The van der Waals surface area contributed by atoms with Crippen LogP contribution in [0.4, 0.5) is 13.2 Å². The lowest BCUT2D eigenvalue weighted by Gasteiger charge is -2.31. The maximum absolute atomic E-state index is 13.6. The van der Waals surface area contributed by atoms with E-state index >= 15 is 0 Å². The molecule has 1 amide bonds. The average Bonchev–Trinajstić information content (AvgIpc) is 3.44. The highest BCUT2D eigenvalue weighted by Crippen LogP contribution is 2.51. The molecule has 198 valence electrons. The van der Waals surface area contributed by atoms with E-state index in [2.05, 4.69) is 5.32 Å². The second-order valence-electron chi connectivity index (χ2n) is 9.14. The summed E-state index contributed by atoms with van der Waals surface area (Å²) in [4.78, 5) is 18.3. The molecule has 9 heteroatoms. The van der Waals surface area contributed by atoms with Gasteiger partial charge in [0.2, 0.25) is 5.91 Å². The van der Waals surface area contributed by atoms with Gasteiger partial charge in [-0.1, -0.05) is 66.7 Å². The first-order chi connectivity index (χ1) is 18.3. The van der Waals surface area contributed by atoms with Gasteiger partial charge in [0, 0.05) is 5.75 Å². The van der Waals surface area contributed by atoms with Crippen LogP contribution in [0.1, 0.15) is 37.3 Å². The van der Waals surface area contributed by atoms with Crippen LogP contribution in [0.25, 0.3) is 21.3 Å². The van der Waals surface area contributed by atoms with Crippen molar-refractivity contribution < 1.29 is 22.7 Å². The third kappa shape index (κ3) is 5.27. The number of nitrogens with one attached hydrogen (secondary N) is 1. The van der Waals surface area contributed by atoms with Gasteiger partial charge in [-0.25, -0.2) is 4.98 Å². The number of fused-ring (bicyclic) bond motifs is 4. The number of carbonyl (C=O) groups excluding carboxylic acids is 1. The smallest absolute Gasteiger partial charge is 0.405 e. The van der Waals surface area contributed by atoms with Gasteiger partial charge < -0.3 is 10.1 Å². The Hall–Kier alpha value is -3.04. The molecule has 0 unspecified atom stereocenters. The Labute approximate surface area is 227 Å². The molecule has 0 fully saturated rings. The monoisotopic (exact) mass is 556 g/mol. The minimum Gasteiger partial charge on any atom is -0.494 e. The van der Waals surface area contributed by atoms with Gasteiger partial charge in [-0.3, -0.25) is 4.79 Å². The Morgan fingerprint density at radius 3 is 2.37 bits per heavy atom. The van der Waals surface area contributed by atoms with Gasteiger partial charge >= 0.3 is 6.18 Å². The van der Waals surface area contributed by atoms with Gasteiger partial charge in [0.05, 0.1) is 16.8 Å². The van der Waals surface area contributed by atoms with E-state index < -0.39 is 24.0 Å². The van der Waals surface area contributed by atoms with Crippen molar-refractivity contribution in [2.45, 2.75) is 42.1 Å². The van der Waals surface area contributed by atoms with Crippen molar-refractivity contribution in [3.63, 3.8) is 0 Å². The minimum absolute atomic E-state index is 0.419. The molecule has 0 atom stereocenters. The summed E-state index contributed by atoms with van der Waals surface area (Å²) in [6.45, 7) is 1.21. The molecule has 38 heavy (non-hydrogen) atoms. The maximum atomic E-state index is 13.6. The molecule has 4 nitrogen and oxygen atoms in total. The standard InChI is InChI=1S/C29H27F3N2O2S2/c1-2-36-19-13-14-24-25(17-19)38-27(34-24)37-16-8-7-15-28(26(35)33-18-29(30,31)32)22-11-5-3-9-20(22)21-10-4-6-12-23(21)28/h3-6,9-14,17H,2,7-8,15-16,18H2,1H3,(H,33,35). The van der Waals surface area contributed by atoms with Gasteiger partial charge in [0.1, 0.15) is 17.7 Å². The number of amides is 1. The fourth-order valence-corrected chi connectivity index (χ4v) is 7.30. The zero-order valence-corrected chi connectivity index (χ0v) is 22.4. The maximum Gasteiger partial charge on any atom is 0.405 e. The van der Waals surface area contributed by atoms with E-state index in [0.29, 0.717) is 19.4 Å². The third-order valence-corrected chi connectivity index (χ3v) is 8.97. The van der Waals surface area contributed by atoms with E-state index in [1.54, 1.807) is 23.1 Å². The summed E-state index contributed by atoms with van der Waals surface area (Å²) in [7, 11) is 0. The molecule has 1 heterocycles. The highest BCUT2D eigenvalue weighted by atomic mass is 32.2. The van der Waals surface area contributed by atoms with E-state index in [0.717, 1.165) is 54.7 Å². The van der Waals surface area contributed by atoms with Crippen LogP contribution in [0, 0.1) is 0 Å². The molecule has 0 saturated heterocycles. The van der Waals surface area contributed by atoms with Crippen molar-refractivity contribution in [3.8, 4) is 16.9 Å². The molecule has 1 aliphatic rings. The van der Waals surface area contributed by atoms with E-state index in [1.807, 2.05) is 73.7 Å². The molecule has 0 spiro atoms. The molecular weight excluding hydrogens is 529 g/mol. The van der Waals surface area contributed by atoms with Crippen molar-refractivity contribution >= 4 is 39.2 Å². The first kappa shape index (κ1) is 26.6. The molecule has 1 aromatic heterocycles. The number of ether oxygens (including phenoxy) is 1. The number of thioether (sulfide) groups is 1. The summed E-state index contributed by atoms with van der Waals surface area (Å²) in [6.07, 6.45) is -2.59. The topological polar surface area (TPSA) is 51.2 Å². The molecule has 1 aliphatic carbocycles. The molecular formula is C29H27F3N2O2S2. The van der Waals surface area contributed by atoms with Crippen LogP contribution >= 0.6 is 23.1 Å². The Kier molecular flexibility index (Phi) is 7.68. The number of halogens is 3. The van der Waals surface area contributed by atoms with Crippen molar-refractivity contribution in [1.82, 2.24) is 10.3 Å². The fraction of sp³-hybridized carbons (Fsp3) is 0.310. The minimum atomic E-state index is -4.48. The molecule has 0 radical (unpaired) electrons. The molecule has 5 rings (SSSR count). The summed E-state index contributed by atoms with van der Waals surface area (Å²) >= 11 is 3.27. The molecule has 0 bridgehead atoms. The SMILES string of the molecule is CCOc1ccc2nc(SCCCCC3(C(=O)NCC(F)(F)F)c4ccccc4-c4ccccc43)sc2c1. The van der Waals surface area contributed by atoms with Gasteiger partial charge in [-0.05, 0) is 60.2 Å². The Morgan fingerprint density at radius 2 is 1.71 bits per heavy atom. The van der Waals surface area contributed by atoms with Crippen LogP contribution in [0.3, 0.4) is 0 Å². The van der Waals surface area contributed by atoms with Crippen molar-refractivity contribution in [1.29, 1.82) is 0 Å². The second kappa shape index (κ2) is 11.0. The largest absolute Gasteiger partial charge is 0.494 e. The number of alkyl halides is 3. The number of hydrogen-bond acceptors (Lipinski definition) is 5. The number of benzene rings is 3. The summed E-state index contributed by atoms with van der Waals surface area (Å²) in [6, 6.07) is 21.0. The third-order valence-electron chi connectivity index (χ3n) is 6.72. The Bertz CT molecular complexity index is 1410. The van der Waals surface area contributed by atoms with Crippen LogP contribution in [0.2, 0.25) is 0 Å². The van der Waals surface area contributed by atoms with Gasteiger partial charge in [0.25, 0.3) is 0 Å². The Balaban J connectivity index is 1.32. The molecule has 1 N–H and O–H groups in total. The lowest BCUT2D eigenvalue weighted by molar-refractivity contribution is -0.141. The highest BCUT2D eigenvalue weighted by Gasteiger charge is 2.49. The second-order valence-corrected chi connectivity index (χ2v) is 11.5. The van der Waals surface area contributed by atoms with Crippen LogP contribution in [0.15, 0.2) is 71.1 Å². The predicted octanol–water partition coefficient (Wildman–Crippen LogP) is 7.60. The first-order valence-corrected chi connectivity index (χ1v) is 14.3. The number of nitrogens with zero attached hydrogens (tertiary/aromatic N) is 1. The quantitative estimate of drug-likeness (QED) is 0.161. The highest BCUT2D eigenvalue weighted by molar-refractivity contribution is 8.01. The lowest BCUT2D eigenvalue weighted by Crippen LogP contribution is -2.47. The van der Waals surface area contributed by atoms with E-state index in [4.69, 9.17) is 9.72 Å². The fourth-order valence-electron chi connectivity index (χ4n) is 5.14. The summed E-state index contributed by atoms with van der Waals surface area (Å²) in [5.41, 5.74) is 3.12. The molecule has 0 aliphatic heterocycles. The first-order valence-electron chi connectivity index (χ1n) is 12.5. The number of unbranched alkanes of at least 4 members (excludes halogenated alkanes) is 1. The number of rotatable bonds is 10. The molecule has 4 aromatic rings. The number of thiazole rings is 1. The van der Waals surface area contributed by atoms with E-state index in [-0.39, 0.29) is 0 Å². The van der Waals surface area contributed by atoms with Crippen molar-refractivity contribution in [2.75, 3.05) is 18.9 Å². The van der Waals surface area contributed by atoms with Gasteiger partial charge in [-0.2, -0.15) is 13.2 Å². The zero-order chi connectivity index (χ0) is 26.8. The van der Waals surface area contributed by atoms with Crippen molar-refractivity contribution in [3.05, 3.63) is 77.9 Å². The van der Waals surface area contributed by atoms with Crippen LogP contribution in [-0.2, 0) is 10.2 Å². The van der Waals surface area contributed by atoms with Crippen LogP contribution in [0.5, 0.6) is 5.75 Å². The van der Waals surface area contributed by atoms with E-state index in [1.165, 1.54) is 0 Å². The van der Waals surface area contributed by atoms with E-state index in [9.17, 15) is 18.0 Å². The number of carbonyl (C=O) groups is 1. The summed E-state index contributed by atoms with van der Waals surface area (Å²) in [5, 5.41) is 2.19. The summed E-state index contributed by atoms with van der Waals surface area (Å²) in [5.74, 6) is 1.02. The molecule has 3 aromatic carbocycles. The van der Waals surface area contributed by atoms with Gasteiger partial charge in [0.15, 0.2) is 4.34 Å². The number of aromatic nitrogens is 1. The van der Waals surface area contributed by atoms with Crippen LogP contribution in [-0.4, -0.2) is 36.0 Å². The summed E-state index contributed by atoms with van der Waals surface area (Å²) < 4.78 is 46.7. The zero-order valence-electron chi connectivity index (χ0n) is 20.8. The normalized spacial score (nSPS) is 13.8. The average molecular weight is 557 g/mol. The Morgan fingerprint density at radius 1 is 1.03 bits per heavy atom. The molecule has 0 saturated carbocycles.